The number of rotatable bonds is 3. The van der Waals surface area contributed by atoms with E-state index in [0.29, 0.717) is 25.3 Å². The van der Waals surface area contributed by atoms with Crippen molar-refractivity contribution in [3.05, 3.63) is 18.0 Å². The van der Waals surface area contributed by atoms with Gasteiger partial charge in [0.05, 0.1) is 0 Å². The number of piperidine rings is 2. The van der Waals surface area contributed by atoms with Crippen LogP contribution in [-0.4, -0.2) is 53.4 Å². The van der Waals surface area contributed by atoms with Crippen LogP contribution >= 0.6 is 0 Å². The van der Waals surface area contributed by atoms with Crippen molar-refractivity contribution in [1.82, 2.24) is 20.1 Å². The Morgan fingerprint density at radius 1 is 1.25 bits per heavy atom. The number of hydrogen-bond donors (Lipinski definition) is 2. The van der Waals surface area contributed by atoms with Crippen molar-refractivity contribution in [2.24, 2.45) is 0 Å². The molecule has 0 aliphatic carbocycles. The second-order valence-electron chi connectivity index (χ2n) is 6.78. The van der Waals surface area contributed by atoms with Gasteiger partial charge in [0.1, 0.15) is 18.0 Å². The van der Waals surface area contributed by atoms with Gasteiger partial charge in [0.25, 0.3) is 5.91 Å². The van der Waals surface area contributed by atoms with Gasteiger partial charge in [0, 0.05) is 50.6 Å². The molecule has 0 aromatic carbocycles. The Labute approximate surface area is 141 Å². The lowest BCUT2D eigenvalue weighted by atomic mass is 10.0. The average Bonchev–Trinajstić information content (AvgIpc) is 3.04. The van der Waals surface area contributed by atoms with Gasteiger partial charge in [-0.3, -0.25) is 20.2 Å². The molecule has 7 nitrogen and oxygen atoms in total. The van der Waals surface area contributed by atoms with Crippen molar-refractivity contribution in [1.29, 1.82) is 0 Å². The van der Waals surface area contributed by atoms with Crippen LogP contribution in [0.25, 0.3) is 0 Å². The van der Waals surface area contributed by atoms with E-state index in [4.69, 9.17) is 4.74 Å². The Morgan fingerprint density at radius 2 is 2.08 bits per heavy atom. The summed E-state index contributed by atoms with van der Waals surface area (Å²) >= 11 is 0. The van der Waals surface area contributed by atoms with E-state index in [2.05, 4.69) is 15.2 Å². The van der Waals surface area contributed by atoms with Crippen molar-refractivity contribution in [3.63, 3.8) is 0 Å². The minimum atomic E-state index is -0.179. The van der Waals surface area contributed by atoms with Gasteiger partial charge in [0.2, 0.25) is 0 Å². The van der Waals surface area contributed by atoms with Gasteiger partial charge in [-0.2, -0.15) is 0 Å². The SMILES string of the molecule is O=C1CCNC2C1NCc1cc(OCC(=O)N3CCCCC3)cn12. The topological polar surface area (TPSA) is 75.6 Å². The summed E-state index contributed by atoms with van der Waals surface area (Å²) in [4.78, 5) is 26.1. The quantitative estimate of drug-likeness (QED) is 0.839. The van der Waals surface area contributed by atoms with Crippen LogP contribution in [0.4, 0.5) is 0 Å². The lowest BCUT2D eigenvalue weighted by molar-refractivity contribution is -0.134. The summed E-state index contributed by atoms with van der Waals surface area (Å²) in [5.41, 5.74) is 1.07. The number of hydrogen-bond acceptors (Lipinski definition) is 5. The molecule has 4 heterocycles. The molecule has 2 N–H and O–H groups in total. The molecule has 1 aromatic heterocycles. The van der Waals surface area contributed by atoms with Crippen LogP contribution in [0.15, 0.2) is 12.3 Å². The van der Waals surface area contributed by atoms with E-state index in [1.165, 1.54) is 6.42 Å². The number of aromatic nitrogens is 1. The molecular formula is C17H24N4O3. The fourth-order valence-electron chi connectivity index (χ4n) is 3.85. The van der Waals surface area contributed by atoms with Gasteiger partial charge >= 0.3 is 0 Å². The molecule has 3 aliphatic heterocycles. The minimum Gasteiger partial charge on any atom is -0.482 e. The third kappa shape index (κ3) is 2.93. The van der Waals surface area contributed by atoms with Crippen LogP contribution in [0.2, 0.25) is 0 Å². The Morgan fingerprint density at radius 3 is 2.92 bits per heavy atom. The zero-order valence-corrected chi connectivity index (χ0v) is 13.8. The molecule has 4 rings (SSSR count). The number of Topliss-reactive ketones (excluding diaryl/α,β-unsaturated/α-hetero) is 1. The Hall–Kier alpha value is -1.86. The molecule has 2 saturated heterocycles. The maximum Gasteiger partial charge on any atom is 0.260 e. The van der Waals surface area contributed by atoms with Gasteiger partial charge in [-0.1, -0.05) is 0 Å². The smallest absolute Gasteiger partial charge is 0.260 e. The maximum absolute atomic E-state index is 12.2. The number of carbonyl (C=O) groups is 2. The summed E-state index contributed by atoms with van der Waals surface area (Å²) in [6.45, 7) is 3.10. The number of ether oxygens (including phenoxy) is 1. The normalized spacial score (nSPS) is 26.7. The van der Waals surface area contributed by atoms with Gasteiger partial charge in [-0.15, -0.1) is 0 Å². The summed E-state index contributed by atoms with van der Waals surface area (Å²) in [5.74, 6) is 0.999. The van der Waals surface area contributed by atoms with Crippen molar-refractivity contribution < 1.29 is 14.3 Å². The summed E-state index contributed by atoms with van der Waals surface area (Å²) in [7, 11) is 0. The largest absolute Gasteiger partial charge is 0.482 e. The van der Waals surface area contributed by atoms with Crippen LogP contribution in [-0.2, 0) is 16.1 Å². The van der Waals surface area contributed by atoms with Crippen molar-refractivity contribution in [2.45, 2.75) is 44.4 Å². The molecule has 0 bridgehead atoms. The van der Waals surface area contributed by atoms with E-state index in [9.17, 15) is 9.59 Å². The number of fused-ring (bicyclic) bond motifs is 3. The highest BCUT2D eigenvalue weighted by molar-refractivity contribution is 5.85. The Balaban J connectivity index is 1.41. The van der Waals surface area contributed by atoms with Gasteiger partial charge < -0.3 is 14.2 Å². The van der Waals surface area contributed by atoms with Crippen molar-refractivity contribution in [3.8, 4) is 5.75 Å². The van der Waals surface area contributed by atoms with E-state index in [1.807, 2.05) is 17.2 Å². The predicted octanol–water partition coefficient (Wildman–Crippen LogP) is 0.412. The number of likely N-dealkylation sites (tertiary alicyclic amines) is 1. The molecule has 24 heavy (non-hydrogen) atoms. The van der Waals surface area contributed by atoms with Crippen LogP contribution < -0.4 is 15.4 Å². The fourth-order valence-corrected chi connectivity index (χ4v) is 3.85. The number of nitrogens with zero attached hydrogens (tertiary/aromatic N) is 2. The van der Waals surface area contributed by atoms with Gasteiger partial charge in [-0.05, 0) is 19.3 Å². The third-order valence-corrected chi connectivity index (χ3v) is 5.17. The van der Waals surface area contributed by atoms with Crippen LogP contribution in [0.1, 0.15) is 37.5 Å². The lowest BCUT2D eigenvalue weighted by Gasteiger charge is -2.37. The first kappa shape index (κ1) is 15.7. The number of ketones is 1. The van der Waals surface area contributed by atoms with Gasteiger partial charge in [0.15, 0.2) is 12.4 Å². The number of carbonyl (C=O) groups excluding carboxylic acids is 2. The molecule has 0 spiro atoms. The zero-order valence-electron chi connectivity index (χ0n) is 13.8. The van der Waals surface area contributed by atoms with E-state index in [1.54, 1.807) is 0 Å². The summed E-state index contributed by atoms with van der Waals surface area (Å²) in [6.07, 6.45) is 5.78. The monoisotopic (exact) mass is 332 g/mol. The van der Waals surface area contributed by atoms with Crippen LogP contribution in [0.5, 0.6) is 5.75 Å². The van der Waals surface area contributed by atoms with Crippen LogP contribution in [0.3, 0.4) is 0 Å². The molecule has 2 fully saturated rings. The molecule has 0 saturated carbocycles. The summed E-state index contributed by atoms with van der Waals surface area (Å²) < 4.78 is 7.80. The second kappa shape index (κ2) is 6.57. The summed E-state index contributed by atoms with van der Waals surface area (Å²) in [6, 6.07) is 1.77. The first-order valence-electron chi connectivity index (χ1n) is 8.83. The number of nitrogens with one attached hydrogen (secondary N) is 2. The first-order chi connectivity index (χ1) is 11.7. The summed E-state index contributed by atoms with van der Waals surface area (Å²) in [5, 5.41) is 6.68. The second-order valence-corrected chi connectivity index (χ2v) is 6.78. The molecule has 3 aliphatic rings. The highest BCUT2D eigenvalue weighted by Gasteiger charge is 2.36. The van der Waals surface area contributed by atoms with Crippen molar-refractivity contribution in [2.75, 3.05) is 26.2 Å². The highest BCUT2D eigenvalue weighted by atomic mass is 16.5. The van der Waals surface area contributed by atoms with Gasteiger partial charge in [-0.25, -0.2) is 0 Å². The Kier molecular flexibility index (Phi) is 4.28. The Bertz CT molecular complexity index is 636. The molecule has 2 unspecified atom stereocenters. The maximum atomic E-state index is 12.2. The molecule has 130 valence electrons. The third-order valence-electron chi connectivity index (χ3n) is 5.17. The molecule has 2 atom stereocenters. The first-order valence-corrected chi connectivity index (χ1v) is 8.83. The molecular weight excluding hydrogens is 308 g/mol. The molecule has 1 amide bonds. The zero-order chi connectivity index (χ0) is 16.5. The van der Waals surface area contributed by atoms with E-state index >= 15 is 0 Å². The van der Waals surface area contributed by atoms with E-state index in [0.717, 1.165) is 31.6 Å². The highest BCUT2D eigenvalue weighted by Crippen LogP contribution is 2.27. The lowest BCUT2D eigenvalue weighted by Crippen LogP contribution is -2.56. The van der Waals surface area contributed by atoms with Crippen LogP contribution in [0, 0.1) is 0 Å². The van der Waals surface area contributed by atoms with E-state index in [-0.39, 0.29) is 30.5 Å². The predicted molar refractivity (Wildman–Crippen MR) is 87.6 cm³/mol. The minimum absolute atomic E-state index is 0.0563. The fraction of sp³-hybridized carbons (Fsp3) is 0.647. The molecule has 7 heteroatoms. The molecule has 1 aromatic rings. The van der Waals surface area contributed by atoms with Crippen molar-refractivity contribution >= 4 is 11.7 Å². The average molecular weight is 332 g/mol. The van der Waals surface area contributed by atoms with E-state index < -0.39 is 0 Å². The molecule has 0 radical (unpaired) electrons. The standard InChI is InChI=1S/C17H24N4O3/c22-14-4-5-18-17-16(14)19-9-12-8-13(10-21(12)17)24-11-15(23)20-6-2-1-3-7-20/h8,10,16-19H,1-7,9,11H2. The number of amides is 1.